The normalized spacial score (nSPS) is 12.6. The highest BCUT2D eigenvalue weighted by atomic mass is 16.6. The third-order valence-corrected chi connectivity index (χ3v) is 10.9. The monoisotopic (exact) mass is 865 g/mol. The predicted molar refractivity (Wildman–Crippen MR) is 265 cm³/mol. The molecule has 0 bridgehead atoms. The average molecular weight is 865 g/mol. The SMILES string of the molecule is CCCCC/C=C\C/C=C\C/C=C\C/C=C\CCCCCC(=O)OC[C@@H](COC(=O)CCCCCCCCCCCC)OC(=O)CCCCCCC/C=C\C/C=C\CCCCC. The van der Waals surface area contributed by atoms with Crippen LogP contribution in [0.5, 0.6) is 0 Å². The molecule has 1 atom stereocenters. The first-order valence-electron chi connectivity index (χ1n) is 25.9. The summed E-state index contributed by atoms with van der Waals surface area (Å²) in [5, 5.41) is 0. The molecule has 6 heteroatoms. The van der Waals surface area contributed by atoms with Crippen molar-refractivity contribution in [1.82, 2.24) is 0 Å². The third kappa shape index (κ3) is 47.9. The molecule has 0 aromatic carbocycles. The van der Waals surface area contributed by atoms with Crippen LogP contribution in [0.1, 0.15) is 245 Å². The molecule has 0 saturated heterocycles. The van der Waals surface area contributed by atoms with E-state index in [-0.39, 0.29) is 31.1 Å². The Labute approximate surface area is 382 Å². The van der Waals surface area contributed by atoms with Crippen molar-refractivity contribution in [2.24, 2.45) is 0 Å². The van der Waals surface area contributed by atoms with E-state index in [4.69, 9.17) is 14.2 Å². The van der Waals surface area contributed by atoms with Crippen molar-refractivity contribution in [1.29, 1.82) is 0 Å². The van der Waals surface area contributed by atoms with E-state index in [2.05, 4.69) is 93.7 Å². The molecule has 0 aromatic rings. The summed E-state index contributed by atoms with van der Waals surface area (Å²) in [4.78, 5) is 37.9. The molecule has 0 spiro atoms. The molecule has 0 fully saturated rings. The van der Waals surface area contributed by atoms with E-state index in [9.17, 15) is 14.4 Å². The van der Waals surface area contributed by atoms with Gasteiger partial charge in [-0.1, -0.05) is 203 Å². The van der Waals surface area contributed by atoms with Crippen molar-refractivity contribution in [3.63, 3.8) is 0 Å². The molecule has 0 unspecified atom stereocenters. The first-order chi connectivity index (χ1) is 30.5. The Morgan fingerprint density at radius 3 is 0.952 bits per heavy atom. The Morgan fingerprint density at radius 2 is 0.581 bits per heavy atom. The first-order valence-corrected chi connectivity index (χ1v) is 25.9. The van der Waals surface area contributed by atoms with Gasteiger partial charge in [-0.25, -0.2) is 0 Å². The van der Waals surface area contributed by atoms with Crippen molar-refractivity contribution < 1.29 is 28.6 Å². The van der Waals surface area contributed by atoms with Crippen LogP contribution in [-0.2, 0) is 28.6 Å². The maximum atomic E-state index is 12.8. The number of esters is 3. The van der Waals surface area contributed by atoms with Gasteiger partial charge < -0.3 is 14.2 Å². The summed E-state index contributed by atoms with van der Waals surface area (Å²) >= 11 is 0. The van der Waals surface area contributed by atoms with Crippen molar-refractivity contribution >= 4 is 17.9 Å². The van der Waals surface area contributed by atoms with Crippen molar-refractivity contribution in [2.45, 2.75) is 252 Å². The van der Waals surface area contributed by atoms with Gasteiger partial charge in [-0.3, -0.25) is 14.4 Å². The summed E-state index contributed by atoms with van der Waals surface area (Å²) in [6, 6.07) is 0. The highest BCUT2D eigenvalue weighted by Crippen LogP contribution is 2.14. The van der Waals surface area contributed by atoms with Gasteiger partial charge in [-0.15, -0.1) is 0 Å². The number of rotatable bonds is 46. The van der Waals surface area contributed by atoms with Gasteiger partial charge in [0.25, 0.3) is 0 Å². The minimum atomic E-state index is -0.793. The largest absolute Gasteiger partial charge is 0.462 e. The van der Waals surface area contributed by atoms with Crippen molar-refractivity contribution in [2.75, 3.05) is 13.2 Å². The Hall–Kier alpha value is -3.15. The number of carbonyl (C=O) groups is 3. The molecule has 0 aromatic heterocycles. The average Bonchev–Trinajstić information content (AvgIpc) is 3.27. The molecule has 0 aliphatic rings. The summed E-state index contributed by atoms with van der Waals surface area (Å²) < 4.78 is 16.7. The quantitative estimate of drug-likeness (QED) is 0.0262. The predicted octanol–water partition coefficient (Wildman–Crippen LogP) is 17.0. The summed E-state index contributed by atoms with van der Waals surface area (Å²) in [5.41, 5.74) is 0. The van der Waals surface area contributed by atoms with Crippen LogP contribution in [0.4, 0.5) is 0 Å². The Kier molecular flexibility index (Phi) is 47.9. The van der Waals surface area contributed by atoms with Crippen LogP contribution in [0.25, 0.3) is 0 Å². The zero-order chi connectivity index (χ0) is 45.1. The minimum Gasteiger partial charge on any atom is -0.462 e. The fourth-order valence-corrected chi connectivity index (χ4v) is 6.98. The number of carbonyl (C=O) groups excluding carboxylic acids is 3. The summed E-state index contributed by atoms with van der Waals surface area (Å²) in [7, 11) is 0. The Bertz CT molecular complexity index is 1180. The summed E-state index contributed by atoms with van der Waals surface area (Å²) in [5.74, 6) is -0.937. The number of ether oxygens (including phenoxy) is 3. The van der Waals surface area contributed by atoms with Crippen LogP contribution in [0.15, 0.2) is 72.9 Å². The maximum absolute atomic E-state index is 12.8. The maximum Gasteiger partial charge on any atom is 0.306 e. The zero-order valence-electron chi connectivity index (χ0n) is 40.6. The first kappa shape index (κ1) is 58.9. The number of hydrogen-bond donors (Lipinski definition) is 0. The van der Waals surface area contributed by atoms with Gasteiger partial charge >= 0.3 is 17.9 Å². The van der Waals surface area contributed by atoms with Crippen molar-refractivity contribution in [3.8, 4) is 0 Å². The lowest BCUT2D eigenvalue weighted by Crippen LogP contribution is -2.30. The summed E-state index contributed by atoms with van der Waals surface area (Å²) in [6.45, 7) is 6.53. The number of allylic oxidation sites excluding steroid dienone is 12. The number of unbranched alkanes of at least 4 members (excludes halogenated alkanes) is 23. The fourth-order valence-electron chi connectivity index (χ4n) is 6.98. The summed E-state index contributed by atoms with van der Waals surface area (Å²) in [6.07, 6.45) is 63.1. The molecule has 356 valence electrons. The van der Waals surface area contributed by atoms with E-state index in [0.717, 1.165) is 109 Å². The van der Waals surface area contributed by atoms with E-state index < -0.39 is 6.10 Å². The van der Waals surface area contributed by atoms with Crippen LogP contribution in [-0.4, -0.2) is 37.2 Å². The second-order valence-electron chi connectivity index (χ2n) is 17.1. The molecule has 0 rings (SSSR count). The second-order valence-corrected chi connectivity index (χ2v) is 17.1. The molecule has 0 N–H and O–H groups in total. The van der Waals surface area contributed by atoms with E-state index in [0.29, 0.717) is 19.3 Å². The van der Waals surface area contributed by atoms with Gasteiger partial charge in [0.15, 0.2) is 6.10 Å². The van der Waals surface area contributed by atoms with Gasteiger partial charge in [0.05, 0.1) is 0 Å². The van der Waals surface area contributed by atoms with E-state index in [1.807, 2.05) is 0 Å². The molecule has 0 aliphatic heterocycles. The smallest absolute Gasteiger partial charge is 0.306 e. The highest BCUT2D eigenvalue weighted by molar-refractivity contribution is 5.71. The van der Waals surface area contributed by atoms with E-state index in [1.54, 1.807) is 0 Å². The van der Waals surface area contributed by atoms with Gasteiger partial charge in [-0.05, 0) is 96.3 Å². The molecule has 0 saturated carbocycles. The molecular formula is C56H96O6. The second kappa shape index (κ2) is 50.5. The van der Waals surface area contributed by atoms with Gasteiger partial charge in [0, 0.05) is 19.3 Å². The lowest BCUT2D eigenvalue weighted by molar-refractivity contribution is -0.167. The van der Waals surface area contributed by atoms with Crippen LogP contribution >= 0.6 is 0 Å². The van der Waals surface area contributed by atoms with Gasteiger partial charge in [-0.2, -0.15) is 0 Å². The van der Waals surface area contributed by atoms with E-state index >= 15 is 0 Å². The molecule has 0 heterocycles. The Balaban J connectivity index is 4.43. The molecule has 0 aliphatic carbocycles. The lowest BCUT2D eigenvalue weighted by atomic mass is 10.1. The van der Waals surface area contributed by atoms with Crippen LogP contribution in [0, 0.1) is 0 Å². The van der Waals surface area contributed by atoms with Crippen LogP contribution in [0.3, 0.4) is 0 Å². The third-order valence-electron chi connectivity index (χ3n) is 10.9. The minimum absolute atomic E-state index is 0.0904. The highest BCUT2D eigenvalue weighted by Gasteiger charge is 2.19. The van der Waals surface area contributed by atoms with Gasteiger partial charge in [0.2, 0.25) is 0 Å². The van der Waals surface area contributed by atoms with Crippen molar-refractivity contribution in [3.05, 3.63) is 72.9 Å². The fraction of sp³-hybridized carbons (Fsp3) is 0.732. The molecule has 0 radical (unpaired) electrons. The zero-order valence-corrected chi connectivity index (χ0v) is 40.6. The molecular weight excluding hydrogens is 769 g/mol. The standard InChI is InChI=1S/C56H96O6/c1-4-7-10-13-16-19-22-24-26-27-28-29-31-32-34-37-40-43-46-49-55(58)61-52-53(51-60-54(57)48-45-42-39-36-21-18-15-12-9-6-3)62-56(59)50-47-44-41-38-35-33-30-25-23-20-17-14-11-8-5-2/h16-17,19-20,24-26,28-30,32,34,53H,4-15,18,21-23,27,31,33,35-52H2,1-3H3/b19-16-,20-17-,26-24-,29-28-,30-25-,34-32-/t53-/m1/s1. The van der Waals surface area contributed by atoms with Gasteiger partial charge in [0.1, 0.15) is 13.2 Å². The topological polar surface area (TPSA) is 78.9 Å². The molecule has 6 nitrogen and oxygen atoms in total. The molecule has 0 amide bonds. The Morgan fingerprint density at radius 1 is 0.323 bits per heavy atom. The van der Waals surface area contributed by atoms with E-state index in [1.165, 1.54) is 96.3 Å². The molecule has 62 heavy (non-hydrogen) atoms. The van der Waals surface area contributed by atoms with Crippen LogP contribution < -0.4 is 0 Å². The number of hydrogen-bond acceptors (Lipinski definition) is 6. The lowest BCUT2D eigenvalue weighted by Gasteiger charge is -2.18. The van der Waals surface area contributed by atoms with Crippen LogP contribution in [0.2, 0.25) is 0 Å².